The van der Waals surface area contributed by atoms with Crippen LogP contribution in [-0.2, 0) is 19.1 Å². The van der Waals surface area contributed by atoms with Gasteiger partial charge in [0.15, 0.2) is 5.54 Å². The molecule has 0 bridgehead atoms. The number of imide groups is 1. The van der Waals surface area contributed by atoms with Gasteiger partial charge in [0.25, 0.3) is 0 Å². The van der Waals surface area contributed by atoms with Crippen molar-refractivity contribution in [2.45, 2.75) is 11.6 Å². The summed E-state index contributed by atoms with van der Waals surface area (Å²) >= 11 is 5.90. The van der Waals surface area contributed by atoms with Gasteiger partial charge in [0.05, 0.1) is 25.6 Å². The normalized spacial score (nSPS) is 32.2. The maximum absolute atomic E-state index is 12.6. The van der Waals surface area contributed by atoms with Crippen LogP contribution in [0.15, 0.2) is 24.3 Å². The first-order valence-electron chi connectivity index (χ1n) is 7.41. The zero-order valence-corrected chi connectivity index (χ0v) is 13.9. The van der Waals surface area contributed by atoms with Crippen LogP contribution in [-0.4, -0.2) is 54.1 Å². The number of aliphatic hydroxyl groups excluding tert-OH is 1. The second-order valence-corrected chi connectivity index (χ2v) is 6.47. The molecule has 8 heteroatoms. The molecule has 2 saturated heterocycles. The summed E-state index contributed by atoms with van der Waals surface area (Å²) in [7, 11) is 2.55. The highest BCUT2D eigenvalue weighted by atomic mass is 35.5. The molecule has 2 heterocycles. The van der Waals surface area contributed by atoms with E-state index < -0.39 is 47.8 Å². The van der Waals surface area contributed by atoms with E-state index in [9.17, 15) is 19.5 Å². The molecule has 0 saturated carbocycles. The number of aliphatic hydroxyl groups is 1. The molecular formula is C16H17ClN2O5. The number of hydrogen-bond donors (Lipinski definition) is 2. The van der Waals surface area contributed by atoms with E-state index in [2.05, 4.69) is 5.32 Å². The van der Waals surface area contributed by atoms with Gasteiger partial charge >= 0.3 is 5.97 Å². The standard InChI is InChI=1S/C16H17ClN2O5/c1-19-13(21)10-11(14(19)22)16(7-20,15(23)24-2)18-12(10)8-3-5-9(17)6-4-8/h3-6,10-12,18,20H,7H2,1-2H3/t10-,11+,12-,16-/m1/s1. The molecule has 128 valence electrons. The van der Waals surface area contributed by atoms with Gasteiger partial charge in [-0.05, 0) is 17.7 Å². The molecular weight excluding hydrogens is 336 g/mol. The molecule has 0 aromatic heterocycles. The van der Waals surface area contributed by atoms with Gasteiger partial charge in [-0.15, -0.1) is 0 Å². The van der Waals surface area contributed by atoms with E-state index in [0.717, 1.165) is 4.90 Å². The quantitative estimate of drug-likeness (QED) is 0.592. The van der Waals surface area contributed by atoms with Gasteiger partial charge in [-0.3, -0.25) is 19.8 Å². The van der Waals surface area contributed by atoms with E-state index in [-0.39, 0.29) is 0 Å². The van der Waals surface area contributed by atoms with E-state index in [1.54, 1.807) is 24.3 Å². The molecule has 0 spiro atoms. The third kappa shape index (κ3) is 2.16. The average Bonchev–Trinajstić information content (AvgIpc) is 3.05. The fraction of sp³-hybridized carbons (Fsp3) is 0.438. The lowest BCUT2D eigenvalue weighted by atomic mass is 9.79. The summed E-state index contributed by atoms with van der Waals surface area (Å²) in [6.07, 6.45) is 0. The molecule has 1 aromatic carbocycles. The van der Waals surface area contributed by atoms with Gasteiger partial charge in [-0.1, -0.05) is 23.7 Å². The van der Waals surface area contributed by atoms with Crippen LogP contribution >= 0.6 is 11.6 Å². The van der Waals surface area contributed by atoms with Crippen molar-refractivity contribution in [2.24, 2.45) is 11.8 Å². The number of carbonyl (C=O) groups is 3. The third-order valence-electron chi connectivity index (χ3n) is 4.90. The molecule has 3 rings (SSSR count). The van der Waals surface area contributed by atoms with Gasteiger partial charge in [0, 0.05) is 18.1 Å². The maximum Gasteiger partial charge on any atom is 0.329 e. The molecule has 2 amide bonds. The van der Waals surface area contributed by atoms with Crippen LogP contribution in [0.5, 0.6) is 0 Å². The van der Waals surface area contributed by atoms with Gasteiger partial charge < -0.3 is 9.84 Å². The number of carbonyl (C=O) groups excluding carboxylic acids is 3. The topological polar surface area (TPSA) is 95.9 Å². The Morgan fingerprint density at radius 2 is 1.96 bits per heavy atom. The molecule has 7 nitrogen and oxygen atoms in total. The summed E-state index contributed by atoms with van der Waals surface area (Å²) in [5.74, 6) is -3.49. The number of nitrogens with zero attached hydrogens (tertiary/aromatic N) is 1. The van der Waals surface area contributed by atoms with Crippen molar-refractivity contribution in [3.8, 4) is 0 Å². The summed E-state index contributed by atoms with van der Waals surface area (Å²) < 4.78 is 4.79. The van der Waals surface area contributed by atoms with Crippen LogP contribution in [0.3, 0.4) is 0 Å². The number of halogens is 1. The lowest BCUT2D eigenvalue weighted by Crippen LogP contribution is -2.58. The number of hydrogen-bond acceptors (Lipinski definition) is 6. The highest BCUT2D eigenvalue weighted by Crippen LogP contribution is 2.48. The molecule has 2 N–H and O–H groups in total. The molecule has 2 aliphatic heterocycles. The number of methoxy groups -OCH3 is 1. The van der Waals surface area contributed by atoms with Crippen LogP contribution in [0.2, 0.25) is 5.02 Å². The Kier molecular flexibility index (Phi) is 4.11. The SMILES string of the molecule is COC(=O)[C@]1(CO)N[C@H](c2ccc(Cl)cc2)[C@@H]2C(=O)N(C)C(=O)[C@H]21. The molecule has 1 aromatic rings. The third-order valence-corrected chi connectivity index (χ3v) is 5.15. The molecule has 2 aliphatic rings. The highest BCUT2D eigenvalue weighted by molar-refractivity contribution is 6.30. The second kappa shape index (κ2) is 5.84. The first-order valence-corrected chi connectivity index (χ1v) is 7.79. The number of benzene rings is 1. The van der Waals surface area contributed by atoms with Crippen LogP contribution in [0, 0.1) is 11.8 Å². The molecule has 0 unspecified atom stereocenters. The van der Waals surface area contributed by atoms with Crippen LogP contribution < -0.4 is 5.32 Å². The van der Waals surface area contributed by atoms with E-state index in [1.165, 1.54) is 14.2 Å². The minimum absolute atomic E-state index is 0.392. The molecule has 24 heavy (non-hydrogen) atoms. The fourth-order valence-electron chi connectivity index (χ4n) is 3.68. The van der Waals surface area contributed by atoms with E-state index >= 15 is 0 Å². The van der Waals surface area contributed by atoms with Gasteiger partial charge in [-0.2, -0.15) is 0 Å². The molecule has 0 aliphatic carbocycles. The van der Waals surface area contributed by atoms with Crippen molar-refractivity contribution in [1.82, 2.24) is 10.2 Å². The summed E-state index contributed by atoms with van der Waals surface area (Å²) in [5, 5.41) is 13.4. The average molecular weight is 353 g/mol. The minimum Gasteiger partial charge on any atom is -0.468 e. The van der Waals surface area contributed by atoms with Crippen molar-refractivity contribution in [3.63, 3.8) is 0 Å². The Balaban J connectivity index is 2.12. The van der Waals surface area contributed by atoms with Gasteiger partial charge in [0.1, 0.15) is 0 Å². The monoisotopic (exact) mass is 352 g/mol. The Hall–Kier alpha value is -1.96. The van der Waals surface area contributed by atoms with Gasteiger partial charge in [0.2, 0.25) is 11.8 Å². The number of likely N-dealkylation sites (tertiary alicyclic amines) is 1. The molecule has 2 fully saturated rings. The maximum atomic E-state index is 12.6. The molecule has 4 atom stereocenters. The number of rotatable bonds is 3. The number of ether oxygens (including phenoxy) is 1. The predicted octanol–water partition coefficient (Wildman–Crippen LogP) is 0.119. The largest absolute Gasteiger partial charge is 0.468 e. The highest BCUT2D eigenvalue weighted by Gasteiger charge is 2.68. The first kappa shape index (κ1) is 16.9. The first-order chi connectivity index (χ1) is 11.4. The lowest BCUT2D eigenvalue weighted by Gasteiger charge is -2.29. The van der Waals surface area contributed by atoms with E-state index in [1.807, 2.05) is 0 Å². The van der Waals surface area contributed by atoms with Crippen molar-refractivity contribution < 1.29 is 24.2 Å². The van der Waals surface area contributed by atoms with Crippen molar-refractivity contribution in [3.05, 3.63) is 34.9 Å². The minimum atomic E-state index is -1.65. The Morgan fingerprint density at radius 1 is 1.33 bits per heavy atom. The van der Waals surface area contributed by atoms with Crippen molar-refractivity contribution >= 4 is 29.4 Å². The van der Waals surface area contributed by atoms with Crippen molar-refractivity contribution in [1.29, 1.82) is 0 Å². The Labute approximate surface area is 143 Å². The number of nitrogens with one attached hydrogen (secondary N) is 1. The second-order valence-electron chi connectivity index (χ2n) is 6.03. The predicted molar refractivity (Wildman–Crippen MR) is 83.9 cm³/mol. The summed E-state index contributed by atoms with van der Waals surface area (Å²) in [4.78, 5) is 38.5. The van der Waals surface area contributed by atoms with Gasteiger partial charge in [-0.25, -0.2) is 4.79 Å². The van der Waals surface area contributed by atoms with Crippen LogP contribution in [0.4, 0.5) is 0 Å². The van der Waals surface area contributed by atoms with E-state index in [0.29, 0.717) is 10.6 Å². The Morgan fingerprint density at radius 3 is 2.50 bits per heavy atom. The zero-order chi connectivity index (χ0) is 17.6. The van der Waals surface area contributed by atoms with E-state index in [4.69, 9.17) is 16.3 Å². The summed E-state index contributed by atoms with van der Waals surface area (Å²) in [6.45, 7) is -0.655. The summed E-state index contributed by atoms with van der Waals surface area (Å²) in [6, 6.07) is 6.15. The van der Waals surface area contributed by atoms with Crippen molar-refractivity contribution in [2.75, 3.05) is 20.8 Å². The zero-order valence-electron chi connectivity index (χ0n) is 13.2. The van der Waals surface area contributed by atoms with Crippen LogP contribution in [0.25, 0.3) is 0 Å². The number of amides is 2. The Bertz CT molecular complexity index is 707. The summed E-state index contributed by atoms with van der Waals surface area (Å²) in [5.41, 5.74) is -0.952. The fourth-order valence-corrected chi connectivity index (χ4v) is 3.81. The lowest BCUT2D eigenvalue weighted by molar-refractivity contribution is -0.156. The van der Waals surface area contributed by atoms with Crippen LogP contribution in [0.1, 0.15) is 11.6 Å². The number of fused-ring (bicyclic) bond motifs is 1. The molecule has 0 radical (unpaired) electrons. The smallest absolute Gasteiger partial charge is 0.329 e. The number of esters is 1.